The van der Waals surface area contributed by atoms with Gasteiger partial charge in [-0.3, -0.25) is 9.67 Å². The van der Waals surface area contributed by atoms with Gasteiger partial charge >= 0.3 is 0 Å². The van der Waals surface area contributed by atoms with E-state index in [0.717, 1.165) is 23.5 Å². The third-order valence-electron chi connectivity index (χ3n) is 3.70. The van der Waals surface area contributed by atoms with Crippen LogP contribution in [-0.4, -0.2) is 29.7 Å². The van der Waals surface area contributed by atoms with Crippen molar-refractivity contribution in [2.45, 2.75) is 26.3 Å². The van der Waals surface area contributed by atoms with Crippen molar-refractivity contribution >= 4 is 5.95 Å². The first kappa shape index (κ1) is 16.0. The van der Waals surface area contributed by atoms with E-state index < -0.39 is 0 Å². The van der Waals surface area contributed by atoms with E-state index >= 15 is 0 Å². The van der Waals surface area contributed by atoms with Crippen LogP contribution in [0.4, 0.5) is 5.95 Å². The molecule has 0 aliphatic heterocycles. The molecule has 0 aliphatic rings. The third kappa shape index (κ3) is 3.73. The van der Waals surface area contributed by atoms with Gasteiger partial charge in [-0.15, -0.1) is 0 Å². The number of hydrogen-bond acceptors (Lipinski definition) is 6. The predicted octanol–water partition coefficient (Wildman–Crippen LogP) is 2.87. The van der Waals surface area contributed by atoms with Gasteiger partial charge in [0.25, 0.3) is 0 Å². The Morgan fingerprint density at radius 2 is 1.88 bits per heavy atom. The SMILES string of the molecule is CC(C)C[C@H](Nc1nccc(-c2ccncc2)n1)c1ncnn1C. The van der Waals surface area contributed by atoms with Crippen molar-refractivity contribution in [3.05, 3.63) is 48.9 Å². The maximum absolute atomic E-state index is 4.62. The number of aryl methyl sites for hydroxylation is 1. The van der Waals surface area contributed by atoms with Gasteiger partial charge in [0.2, 0.25) is 5.95 Å². The molecule has 0 saturated heterocycles. The van der Waals surface area contributed by atoms with Crippen molar-refractivity contribution in [1.82, 2.24) is 29.7 Å². The molecule has 0 fully saturated rings. The highest BCUT2D eigenvalue weighted by molar-refractivity contribution is 5.59. The molecule has 1 N–H and O–H groups in total. The predicted molar refractivity (Wildman–Crippen MR) is 92.1 cm³/mol. The average Bonchev–Trinajstić information content (AvgIpc) is 3.01. The van der Waals surface area contributed by atoms with Crippen molar-refractivity contribution in [2.24, 2.45) is 13.0 Å². The van der Waals surface area contributed by atoms with Gasteiger partial charge in [0.05, 0.1) is 11.7 Å². The van der Waals surface area contributed by atoms with Crippen LogP contribution in [-0.2, 0) is 7.05 Å². The van der Waals surface area contributed by atoms with Gasteiger partial charge in [0, 0.05) is 31.2 Å². The first-order chi connectivity index (χ1) is 11.6. The molecule has 3 rings (SSSR count). The first-order valence-electron chi connectivity index (χ1n) is 7.97. The fourth-order valence-corrected chi connectivity index (χ4v) is 2.59. The van der Waals surface area contributed by atoms with E-state index in [1.807, 2.05) is 25.2 Å². The molecule has 0 radical (unpaired) electrons. The molecule has 124 valence electrons. The fourth-order valence-electron chi connectivity index (χ4n) is 2.59. The smallest absolute Gasteiger partial charge is 0.223 e. The second kappa shape index (κ2) is 7.16. The Bertz CT molecular complexity index is 782. The monoisotopic (exact) mass is 323 g/mol. The molecule has 24 heavy (non-hydrogen) atoms. The van der Waals surface area contributed by atoms with Crippen LogP contribution in [0.15, 0.2) is 43.1 Å². The molecule has 0 bridgehead atoms. The van der Waals surface area contributed by atoms with Gasteiger partial charge in [-0.1, -0.05) is 13.8 Å². The molecule has 3 aromatic heterocycles. The van der Waals surface area contributed by atoms with Crippen molar-refractivity contribution in [3.8, 4) is 11.3 Å². The highest BCUT2D eigenvalue weighted by Crippen LogP contribution is 2.24. The molecule has 0 aromatic carbocycles. The summed E-state index contributed by atoms with van der Waals surface area (Å²) >= 11 is 0. The molecule has 0 spiro atoms. The minimum absolute atomic E-state index is 0.00481. The zero-order valence-corrected chi connectivity index (χ0v) is 14.1. The number of aromatic nitrogens is 6. The summed E-state index contributed by atoms with van der Waals surface area (Å²) < 4.78 is 1.78. The number of nitrogens with one attached hydrogen (secondary N) is 1. The molecule has 0 amide bonds. The molecule has 3 aromatic rings. The van der Waals surface area contributed by atoms with Gasteiger partial charge in [0.15, 0.2) is 0 Å². The summed E-state index contributed by atoms with van der Waals surface area (Å²) in [6, 6.07) is 5.76. The molecule has 3 heterocycles. The Kier molecular flexibility index (Phi) is 4.79. The highest BCUT2D eigenvalue weighted by Gasteiger charge is 2.19. The van der Waals surface area contributed by atoms with Crippen LogP contribution in [0.25, 0.3) is 11.3 Å². The molecule has 7 heteroatoms. The van der Waals surface area contributed by atoms with Crippen LogP contribution in [0, 0.1) is 5.92 Å². The molecule has 0 aliphatic carbocycles. The van der Waals surface area contributed by atoms with E-state index in [1.54, 1.807) is 29.6 Å². The van der Waals surface area contributed by atoms with Crippen LogP contribution in [0.5, 0.6) is 0 Å². The lowest BCUT2D eigenvalue weighted by atomic mass is 10.0. The second-order valence-corrected chi connectivity index (χ2v) is 6.07. The van der Waals surface area contributed by atoms with Crippen LogP contribution in [0.3, 0.4) is 0 Å². The molecule has 0 saturated carbocycles. The number of anilines is 1. The molecule has 0 unspecified atom stereocenters. The summed E-state index contributed by atoms with van der Waals surface area (Å²) in [6.07, 6.45) is 7.75. The zero-order chi connectivity index (χ0) is 16.9. The summed E-state index contributed by atoms with van der Waals surface area (Å²) in [7, 11) is 1.89. The Labute approximate surface area is 141 Å². The van der Waals surface area contributed by atoms with Gasteiger partial charge in [-0.05, 0) is 30.5 Å². The lowest BCUT2D eigenvalue weighted by Crippen LogP contribution is -2.19. The van der Waals surface area contributed by atoms with E-state index in [4.69, 9.17) is 0 Å². The largest absolute Gasteiger partial charge is 0.344 e. The van der Waals surface area contributed by atoms with Crippen LogP contribution in [0.2, 0.25) is 0 Å². The van der Waals surface area contributed by atoms with Crippen LogP contribution < -0.4 is 5.32 Å². The summed E-state index contributed by atoms with van der Waals surface area (Å²) in [5.74, 6) is 1.96. The van der Waals surface area contributed by atoms with Crippen molar-refractivity contribution in [3.63, 3.8) is 0 Å². The van der Waals surface area contributed by atoms with Crippen LogP contribution >= 0.6 is 0 Å². The lowest BCUT2D eigenvalue weighted by molar-refractivity contribution is 0.496. The minimum atomic E-state index is 0.00481. The summed E-state index contributed by atoms with van der Waals surface area (Å²) in [4.78, 5) is 17.4. The maximum atomic E-state index is 4.62. The van der Waals surface area contributed by atoms with E-state index in [2.05, 4.69) is 44.2 Å². The lowest BCUT2D eigenvalue weighted by Gasteiger charge is -2.20. The number of rotatable bonds is 6. The Hall–Kier alpha value is -2.83. The van der Waals surface area contributed by atoms with Crippen molar-refractivity contribution < 1.29 is 0 Å². The topological polar surface area (TPSA) is 81.4 Å². The average molecular weight is 323 g/mol. The van der Waals surface area contributed by atoms with Crippen LogP contribution in [0.1, 0.15) is 32.1 Å². The summed E-state index contributed by atoms with van der Waals surface area (Å²) in [5, 5.41) is 7.57. The third-order valence-corrected chi connectivity index (χ3v) is 3.70. The fraction of sp³-hybridized carbons (Fsp3) is 0.353. The van der Waals surface area contributed by atoms with Gasteiger partial charge in [-0.2, -0.15) is 5.10 Å². The van der Waals surface area contributed by atoms with E-state index in [0.29, 0.717) is 11.9 Å². The summed E-state index contributed by atoms with van der Waals surface area (Å²) in [6.45, 7) is 4.36. The number of nitrogens with zero attached hydrogens (tertiary/aromatic N) is 6. The van der Waals surface area contributed by atoms with E-state index in [1.165, 1.54) is 0 Å². The van der Waals surface area contributed by atoms with Gasteiger partial charge < -0.3 is 5.32 Å². The van der Waals surface area contributed by atoms with E-state index in [-0.39, 0.29) is 6.04 Å². The van der Waals surface area contributed by atoms with Gasteiger partial charge in [0.1, 0.15) is 12.2 Å². The Morgan fingerprint density at radius 1 is 1.08 bits per heavy atom. The standard InChI is InChI=1S/C17H21N7/c1-12(2)10-15(16-20-11-21-24(16)3)23-17-19-9-6-14(22-17)13-4-7-18-8-5-13/h4-9,11-12,15H,10H2,1-3H3,(H,19,22,23)/t15-/m0/s1. The zero-order valence-electron chi connectivity index (χ0n) is 14.1. The molecule has 7 nitrogen and oxygen atoms in total. The quantitative estimate of drug-likeness (QED) is 0.751. The van der Waals surface area contributed by atoms with Crippen molar-refractivity contribution in [2.75, 3.05) is 5.32 Å². The highest BCUT2D eigenvalue weighted by atomic mass is 15.3. The minimum Gasteiger partial charge on any atom is -0.344 e. The molecular weight excluding hydrogens is 302 g/mol. The molecular formula is C17H21N7. The Balaban J connectivity index is 1.86. The maximum Gasteiger partial charge on any atom is 0.223 e. The van der Waals surface area contributed by atoms with Gasteiger partial charge in [-0.25, -0.2) is 15.0 Å². The number of pyridine rings is 1. The van der Waals surface area contributed by atoms with E-state index in [9.17, 15) is 0 Å². The molecule has 1 atom stereocenters. The first-order valence-corrected chi connectivity index (χ1v) is 7.97. The normalized spacial score (nSPS) is 12.3. The Morgan fingerprint density at radius 3 is 2.54 bits per heavy atom. The number of hydrogen-bond donors (Lipinski definition) is 1. The van der Waals surface area contributed by atoms with Crippen molar-refractivity contribution in [1.29, 1.82) is 0 Å². The summed E-state index contributed by atoms with van der Waals surface area (Å²) in [5.41, 5.74) is 1.87. The second-order valence-electron chi connectivity index (χ2n) is 6.07.